The van der Waals surface area contributed by atoms with Gasteiger partial charge in [0.15, 0.2) is 0 Å². The zero-order valence-electron chi connectivity index (χ0n) is 21.3. The summed E-state index contributed by atoms with van der Waals surface area (Å²) in [5.74, 6) is -0.862. The van der Waals surface area contributed by atoms with E-state index in [-0.39, 0.29) is 17.9 Å². The number of rotatable bonds is 6. The average molecular weight is 494 g/mol. The number of anilines is 1. The third-order valence-corrected chi connectivity index (χ3v) is 7.40. The first-order chi connectivity index (χ1) is 17.2. The van der Waals surface area contributed by atoms with E-state index >= 15 is 0 Å². The Hall–Kier alpha value is -3.55. The predicted molar refractivity (Wildman–Crippen MR) is 138 cm³/mol. The molecule has 2 aliphatic heterocycles. The molecule has 1 atom stereocenters. The number of aromatic carboxylic acids is 1. The highest BCUT2D eigenvalue weighted by molar-refractivity contribution is 5.90. The van der Waals surface area contributed by atoms with Crippen molar-refractivity contribution in [1.29, 1.82) is 0 Å². The first kappa shape index (κ1) is 25.5. The second-order valence-corrected chi connectivity index (χ2v) is 9.97. The van der Waals surface area contributed by atoms with E-state index in [1.165, 1.54) is 0 Å². The van der Waals surface area contributed by atoms with Gasteiger partial charge in [-0.2, -0.15) is 0 Å². The summed E-state index contributed by atoms with van der Waals surface area (Å²) in [4.78, 5) is 43.0. The van der Waals surface area contributed by atoms with Crippen molar-refractivity contribution in [3.63, 3.8) is 0 Å². The second kappa shape index (κ2) is 10.6. The first-order valence-electron chi connectivity index (χ1n) is 12.6. The molecule has 1 unspecified atom stereocenters. The van der Waals surface area contributed by atoms with E-state index in [1.54, 1.807) is 17.0 Å². The molecular weight excluding hydrogens is 458 g/mol. The lowest BCUT2D eigenvalue weighted by Gasteiger charge is -2.36. The lowest BCUT2D eigenvalue weighted by atomic mass is 9.83. The Kier molecular flexibility index (Phi) is 7.52. The Morgan fingerprint density at radius 2 is 1.61 bits per heavy atom. The fourth-order valence-corrected chi connectivity index (χ4v) is 5.22. The van der Waals surface area contributed by atoms with Crippen molar-refractivity contribution >= 4 is 23.7 Å². The first-order valence-corrected chi connectivity index (χ1v) is 12.6. The number of carbonyl (C=O) groups excluding carboxylic acids is 2. The van der Waals surface area contributed by atoms with Crippen LogP contribution in [0.15, 0.2) is 48.5 Å². The highest BCUT2D eigenvalue weighted by atomic mass is 16.6. The van der Waals surface area contributed by atoms with E-state index in [9.17, 15) is 19.5 Å². The highest BCUT2D eigenvalue weighted by Crippen LogP contribution is 2.34. The van der Waals surface area contributed by atoms with Crippen molar-refractivity contribution in [1.82, 2.24) is 9.80 Å². The maximum Gasteiger partial charge on any atom is 0.409 e. The van der Waals surface area contributed by atoms with Crippen molar-refractivity contribution in [2.24, 2.45) is 0 Å². The fourth-order valence-electron chi connectivity index (χ4n) is 5.22. The van der Waals surface area contributed by atoms with Gasteiger partial charge >= 0.3 is 12.1 Å². The SMILES string of the molecule is CCOC(=O)N1CCN(c2ccc(C(C)(C)C(=O)N3CCC(c4ccccc4C(=O)O)C3)cc2)CC1. The summed E-state index contributed by atoms with van der Waals surface area (Å²) in [5.41, 5.74) is 2.41. The minimum Gasteiger partial charge on any atom is -0.478 e. The number of ether oxygens (including phenoxy) is 1. The lowest BCUT2D eigenvalue weighted by molar-refractivity contribution is -0.135. The Morgan fingerprint density at radius 1 is 0.944 bits per heavy atom. The molecule has 0 aliphatic carbocycles. The van der Waals surface area contributed by atoms with Crippen LogP contribution in [0.4, 0.5) is 10.5 Å². The molecule has 0 bridgehead atoms. The van der Waals surface area contributed by atoms with Gasteiger partial charge in [-0.05, 0) is 56.5 Å². The smallest absolute Gasteiger partial charge is 0.409 e. The molecule has 2 heterocycles. The summed E-state index contributed by atoms with van der Waals surface area (Å²) in [6.07, 6.45) is 0.492. The molecule has 8 nitrogen and oxygen atoms in total. The van der Waals surface area contributed by atoms with E-state index in [4.69, 9.17) is 4.74 Å². The molecule has 0 spiro atoms. The van der Waals surface area contributed by atoms with Gasteiger partial charge in [0.05, 0.1) is 17.6 Å². The number of nitrogens with zero attached hydrogens (tertiary/aromatic N) is 3. The Bertz CT molecular complexity index is 1110. The number of piperazine rings is 1. The Morgan fingerprint density at radius 3 is 2.25 bits per heavy atom. The van der Waals surface area contributed by atoms with E-state index < -0.39 is 11.4 Å². The molecular formula is C28H35N3O5. The molecule has 0 aromatic heterocycles. The molecule has 2 aromatic rings. The van der Waals surface area contributed by atoms with E-state index in [0.29, 0.717) is 38.3 Å². The molecule has 4 rings (SSSR count). The number of hydrogen-bond acceptors (Lipinski definition) is 5. The number of amides is 2. The van der Waals surface area contributed by atoms with Crippen LogP contribution in [-0.4, -0.2) is 78.8 Å². The number of likely N-dealkylation sites (tertiary alicyclic amines) is 1. The van der Waals surface area contributed by atoms with Gasteiger partial charge in [0.2, 0.25) is 5.91 Å². The zero-order valence-corrected chi connectivity index (χ0v) is 21.3. The molecule has 192 valence electrons. The standard InChI is InChI=1S/C28H35N3O5/c1-4-36-27(35)30-17-15-29(16-18-30)22-11-9-21(10-12-22)28(2,3)26(34)31-14-13-20(19-31)23-7-5-6-8-24(23)25(32)33/h5-12,20H,4,13-19H2,1-3H3,(H,32,33). The molecule has 8 heteroatoms. The van der Waals surface area contributed by atoms with Gasteiger partial charge in [-0.3, -0.25) is 4.79 Å². The summed E-state index contributed by atoms with van der Waals surface area (Å²) in [5, 5.41) is 9.55. The van der Waals surface area contributed by atoms with Crippen LogP contribution in [0.2, 0.25) is 0 Å². The highest BCUT2D eigenvalue weighted by Gasteiger charge is 2.38. The normalized spacial score (nSPS) is 18.3. The van der Waals surface area contributed by atoms with Gasteiger partial charge in [-0.15, -0.1) is 0 Å². The summed E-state index contributed by atoms with van der Waals surface area (Å²) >= 11 is 0. The summed E-state index contributed by atoms with van der Waals surface area (Å²) in [6.45, 7) is 9.91. The zero-order chi connectivity index (χ0) is 25.9. The van der Waals surface area contributed by atoms with E-state index in [0.717, 1.165) is 36.3 Å². The molecule has 2 saturated heterocycles. The molecule has 2 aliphatic rings. The maximum absolute atomic E-state index is 13.6. The topological polar surface area (TPSA) is 90.4 Å². The van der Waals surface area contributed by atoms with Gasteiger partial charge in [-0.1, -0.05) is 30.3 Å². The number of hydrogen-bond donors (Lipinski definition) is 1. The monoisotopic (exact) mass is 493 g/mol. The molecule has 1 N–H and O–H groups in total. The van der Waals surface area contributed by atoms with Gasteiger partial charge in [0.25, 0.3) is 0 Å². The number of carboxylic acids is 1. The maximum atomic E-state index is 13.6. The van der Waals surface area contributed by atoms with Gasteiger partial charge in [-0.25, -0.2) is 9.59 Å². The quantitative estimate of drug-likeness (QED) is 0.655. The summed E-state index contributed by atoms with van der Waals surface area (Å²) in [6, 6.07) is 15.2. The molecule has 36 heavy (non-hydrogen) atoms. The Balaban J connectivity index is 1.39. The minimum absolute atomic E-state index is 0.0210. The summed E-state index contributed by atoms with van der Waals surface area (Å²) in [7, 11) is 0. The van der Waals surface area contributed by atoms with Crippen LogP contribution in [0.3, 0.4) is 0 Å². The molecule has 0 saturated carbocycles. The van der Waals surface area contributed by atoms with E-state index in [1.807, 2.05) is 62.1 Å². The average Bonchev–Trinajstić information content (AvgIpc) is 3.38. The van der Waals surface area contributed by atoms with Crippen LogP contribution < -0.4 is 4.90 Å². The largest absolute Gasteiger partial charge is 0.478 e. The van der Waals surface area contributed by atoms with Crippen molar-refractivity contribution < 1.29 is 24.2 Å². The van der Waals surface area contributed by atoms with Crippen molar-refractivity contribution in [2.75, 3.05) is 50.8 Å². The second-order valence-electron chi connectivity index (χ2n) is 9.97. The van der Waals surface area contributed by atoms with Gasteiger partial charge in [0, 0.05) is 50.9 Å². The van der Waals surface area contributed by atoms with Crippen molar-refractivity contribution in [3.8, 4) is 0 Å². The van der Waals surface area contributed by atoms with Crippen LogP contribution in [0.5, 0.6) is 0 Å². The van der Waals surface area contributed by atoms with Crippen molar-refractivity contribution in [3.05, 3.63) is 65.2 Å². The van der Waals surface area contributed by atoms with Gasteiger partial charge in [0.1, 0.15) is 0 Å². The van der Waals surface area contributed by atoms with Crippen LogP contribution in [0, 0.1) is 0 Å². The molecule has 0 radical (unpaired) electrons. The van der Waals surface area contributed by atoms with Crippen LogP contribution in [-0.2, 0) is 14.9 Å². The molecule has 2 amide bonds. The van der Waals surface area contributed by atoms with Gasteiger partial charge < -0.3 is 24.5 Å². The number of carbonyl (C=O) groups is 3. The minimum atomic E-state index is -0.932. The third kappa shape index (κ3) is 5.17. The number of carboxylic acid groups (broad SMARTS) is 1. The van der Waals surface area contributed by atoms with Crippen LogP contribution in [0.25, 0.3) is 0 Å². The Labute approximate surface area is 212 Å². The van der Waals surface area contributed by atoms with Crippen LogP contribution in [0.1, 0.15) is 54.6 Å². The lowest BCUT2D eigenvalue weighted by Crippen LogP contribution is -2.49. The fraction of sp³-hybridized carbons (Fsp3) is 0.464. The van der Waals surface area contributed by atoms with E-state index in [2.05, 4.69) is 4.90 Å². The predicted octanol–water partition coefficient (Wildman–Crippen LogP) is 3.96. The molecule has 2 fully saturated rings. The summed E-state index contributed by atoms with van der Waals surface area (Å²) < 4.78 is 5.09. The van der Waals surface area contributed by atoms with Crippen molar-refractivity contribution in [2.45, 2.75) is 38.5 Å². The van der Waals surface area contributed by atoms with Crippen LogP contribution >= 0.6 is 0 Å². The number of benzene rings is 2. The third-order valence-electron chi connectivity index (χ3n) is 7.40. The molecule has 2 aromatic carbocycles.